The van der Waals surface area contributed by atoms with Crippen molar-refractivity contribution in [3.63, 3.8) is 0 Å². The summed E-state index contributed by atoms with van der Waals surface area (Å²) in [6, 6.07) is 7.94. The Balaban J connectivity index is 2.07. The summed E-state index contributed by atoms with van der Waals surface area (Å²) in [6.07, 6.45) is 3.67. The van der Waals surface area contributed by atoms with E-state index in [1.165, 1.54) is 4.90 Å². The third-order valence-corrected chi connectivity index (χ3v) is 4.55. The molecule has 1 aliphatic heterocycles. The Labute approximate surface area is 124 Å². The van der Waals surface area contributed by atoms with E-state index < -0.39 is 5.41 Å². The first-order valence-electron chi connectivity index (χ1n) is 6.85. The number of rotatable bonds is 5. The van der Waals surface area contributed by atoms with Crippen molar-refractivity contribution in [2.45, 2.75) is 17.7 Å². The summed E-state index contributed by atoms with van der Waals surface area (Å²) in [7, 11) is 1.66. The fourth-order valence-electron chi connectivity index (χ4n) is 2.56. The summed E-state index contributed by atoms with van der Waals surface area (Å²) in [4.78, 5) is 13.8. The molecule has 1 aromatic rings. The number of methoxy groups -OCH3 is 1. The molecule has 1 amide bonds. The fourth-order valence-corrected chi connectivity index (χ4v) is 2.96. The van der Waals surface area contributed by atoms with Crippen LogP contribution in [0.4, 0.5) is 5.69 Å². The molecule has 0 atom stereocenters. The van der Waals surface area contributed by atoms with E-state index in [-0.39, 0.29) is 5.91 Å². The van der Waals surface area contributed by atoms with Gasteiger partial charge in [0.2, 0.25) is 5.91 Å². The number of amides is 1. The van der Waals surface area contributed by atoms with Gasteiger partial charge in [0.05, 0.1) is 12.0 Å². The lowest BCUT2D eigenvalue weighted by Crippen LogP contribution is -2.47. The molecule has 110 valence electrons. The Morgan fingerprint density at radius 3 is 2.55 bits per heavy atom. The summed E-state index contributed by atoms with van der Waals surface area (Å²) < 4.78 is 5.29. The number of piperidine rings is 1. The highest BCUT2D eigenvalue weighted by Gasteiger charge is 2.39. The number of hydrogen-bond acceptors (Lipinski definition) is 4. The molecule has 1 aliphatic rings. The number of nitrogens with one attached hydrogen (secondary N) is 2. The maximum atomic E-state index is 12.6. The molecule has 1 heterocycles. The second kappa shape index (κ2) is 7.11. The minimum Gasteiger partial charge on any atom is -0.384 e. The van der Waals surface area contributed by atoms with Crippen LogP contribution in [0.3, 0.4) is 0 Å². The highest BCUT2D eigenvalue weighted by Crippen LogP contribution is 2.31. The standard InChI is InChI=1S/C15H22N2O2S/c1-19-11-15(7-9-16-10-8-15)14(18)17-12-3-5-13(20-2)6-4-12/h3-6,16H,7-11H2,1-2H3,(H,17,18). The van der Waals surface area contributed by atoms with E-state index in [1.807, 2.05) is 30.5 Å². The quantitative estimate of drug-likeness (QED) is 0.819. The number of hydrogen-bond donors (Lipinski definition) is 2. The zero-order chi connectivity index (χ0) is 14.4. The Morgan fingerprint density at radius 2 is 2.00 bits per heavy atom. The first-order valence-corrected chi connectivity index (χ1v) is 8.08. The molecule has 4 nitrogen and oxygen atoms in total. The van der Waals surface area contributed by atoms with Crippen LogP contribution in [-0.2, 0) is 9.53 Å². The lowest BCUT2D eigenvalue weighted by Gasteiger charge is -2.35. The van der Waals surface area contributed by atoms with Crippen molar-refractivity contribution in [3.8, 4) is 0 Å². The summed E-state index contributed by atoms with van der Waals surface area (Å²) in [5.41, 5.74) is 0.444. The van der Waals surface area contributed by atoms with Crippen LogP contribution in [-0.4, -0.2) is 39.0 Å². The molecule has 1 aromatic carbocycles. The zero-order valence-electron chi connectivity index (χ0n) is 12.1. The fraction of sp³-hybridized carbons (Fsp3) is 0.533. The van der Waals surface area contributed by atoms with Crippen LogP contribution in [0.15, 0.2) is 29.2 Å². The molecule has 1 fully saturated rings. The summed E-state index contributed by atoms with van der Waals surface area (Å²) in [5.74, 6) is 0.0674. The van der Waals surface area contributed by atoms with E-state index in [0.717, 1.165) is 31.6 Å². The van der Waals surface area contributed by atoms with Crippen LogP contribution >= 0.6 is 11.8 Å². The largest absolute Gasteiger partial charge is 0.384 e. The van der Waals surface area contributed by atoms with Crippen molar-refractivity contribution in [2.75, 3.05) is 38.4 Å². The van der Waals surface area contributed by atoms with Crippen molar-refractivity contribution in [2.24, 2.45) is 5.41 Å². The molecule has 5 heteroatoms. The van der Waals surface area contributed by atoms with E-state index in [9.17, 15) is 4.79 Å². The van der Waals surface area contributed by atoms with Crippen molar-refractivity contribution in [1.82, 2.24) is 5.32 Å². The second-order valence-corrected chi connectivity index (χ2v) is 6.03. The number of anilines is 1. The van der Waals surface area contributed by atoms with Crippen LogP contribution in [0.2, 0.25) is 0 Å². The summed E-state index contributed by atoms with van der Waals surface area (Å²) in [5, 5.41) is 6.33. The molecule has 0 saturated carbocycles. The van der Waals surface area contributed by atoms with Gasteiger partial charge in [-0.25, -0.2) is 0 Å². The first-order chi connectivity index (χ1) is 9.70. The van der Waals surface area contributed by atoms with Crippen LogP contribution in [0.5, 0.6) is 0 Å². The zero-order valence-corrected chi connectivity index (χ0v) is 12.9. The van der Waals surface area contributed by atoms with Crippen molar-refractivity contribution < 1.29 is 9.53 Å². The summed E-state index contributed by atoms with van der Waals surface area (Å²) in [6.45, 7) is 2.20. The molecule has 0 radical (unpaired) electrons. The van der Waals surface area contributed by atoms with Crippen molar-refractivity contribution in [1.29, 1.82) is 0 Å². The molecule has 20 heavy (non-hydrogen) atoms. The smallest absolute Gasteiger partial charge is 0.233 e. The minimum atomic E-state index is -0.405. The van der Waals surface area contributed by atoms with Gasteiger partial charge in [-0.2, -0.15) is 0 Å². The second-order valence-electron chi connectivity index (χ2n) is 5.15. The molecular formula is C15H22N2O2S. The van der Waals surface area contributed by atoms with Gasteiger partial charge < -0.3 is 15.4 Å². The third kappa shape index (κ3) is 3.53. The first kappa shape index (κ1) is 15.4. The molecule has 0 unspecified atom stereocenters. The average Bonchev–Trinajstić information content (AvgIpc) is 2.49. The molecule has 1 saturated heterocycles. The van der Waals surface area contributed by atoms with Crippen LogP contribution in [0.1, 0.15) is 12.8 Å². The highest BCUT2D eigenvalue weighted by molar-refractivity contribution is 7.98. The number of ether oxygens (including phenoxy) is 1. The molecule has 2 N–H and O–H groups in total. The average molecular weight is 294 g/mol. The number of carbonyl (C=O) groups excluding carboxylic acids is 1. The van der Waals surface area contributed by atoms with Crippen LogP contribution in [0.25, 0.3) is 0 Å². The monoisotopic (exact) mass is 294 g/mol. The molecule has 0 bridgehead atoms. The Bertz CT molecular complexity index is 436. The molecule has 2 rings (SSSR count). The molecule has 0 aliphatic carbocycles. The minimum absolute atomic E-state index is 0.0674. The van der Waals surface area contributed by atoms with E-state index in [2.05, 4.69) is 10.6 Å². The van der Waals surface area contributed by atoms with Gasteiger partial charge in [-0.05, 0) is 56.5 Å². The predicted molar refractivity (Wildman–Crippen MR) is 83.3 cm³/mol. The Kier molecular flexibility index (Phi) is 5.46. The number of thioether (sulfide) groups is 1. The maximum absolute atomic E-state index is 12.6. The van der Waals surface area contributed by atoms with Gasteiger partial charge in [-0.15, -0.1) is 11.8 Å². The van der Waals surface area contributed by atoms with Gasteiger partial charge in [-0.3, -0.25) is 4.79 Å². The van der Waals surface area contributed by atoms with E-state index >= 15 is 0 Å². The van der Waals surface area contributed by atoms with Crippen LogP contribution in [0, 0.1) is 5.41 Å². The van der Waals surface area contributed by atoms with Crippen molar-refractivity contribution in [3.05, 3.63) is 24.3 Å². The van der Waals surface area contributed by atoms with Gasteiger partial charge in [-0.1, -0.05) is 0 Å². The predicted octanol–water partition coefficient (Wildman–Crippen LogP) is 2.36. The molecule has 0 spiro atoms. The number of carbonyl (C=O) groups is 1. The van der Waals surface area contributed by atoms with Crippen LogP contribution < -0.4 is 10.6 Å². The van der Waals surface area contributed by atoms with E-state index in [4.69, 9.17) is 4.74 Å². The maximum Gasteiger partial charge on any atom is 0.233 e. The van der Waals surface area contributed by atoms with Gasteiger partial charge in [0, 0.05) is 17.7 Å². The highest BCUT2D eigenvalue weighted by atomic mass is 32.2. The van der Waals surface area contributed by atoms with Gasteiger partial charge in [0.25, 0.3) is 0 Å². The van der Waals surface area contributed by atoms with Gasteiger partial charge >= 0.3 is 0 Å². The SMILES string of the molecule is COCC1(C(=O)Nc2ccc(SC)cc2)CCNCC1. The lowest BCUT2D eigenvalue weighted by molar-refractivity contribution is -0.130. The lowest BCUT2D eigenvalue weighted by atomic mass is 9.78. The number of benzene rings is 1. The topological polar surface area (TPSA) is 50.4 Å². The molecular weight excluding hydrogens is 272 g/mol. The Morgan fingerprint density at radius 1 is 1.35 bits per heavy atom. The van der Waals surface area contributed by atoms with E-state index in [0.29, 0.717) is 6.61 Å². The normalized spacial score (nSPS) is 17.7. The van der Waals surface area contributed by atoms with E-state index in [1.54, 1.807) is 18.9 Å². The molecule has 0 aromatic heterocycles. The third-order valence-electron chi connectivity index (χ3n) is 3.81. The van der Waals surface area contributed by atoms with Crippen molar-refractivity contribution >= 4 is 23.4 Å². The van der Waals surface area contributed by atoms with Gasteiger partial charge in [0.1, 0.15) is 0 Å². The summed E-state index contributed by atoms with van der Waals surface area (Å²) >= 11 is 1.69. The van der Waals surface area contributed by atoms with Gasteiger partial charge in [0.15, 0.2) is 0 Å². The Hall–Kier alpha value is -1.04.